The molecule has 1 heterocycles. The number of carbonyl (C=O) groups is 2. The van der Waals surface area contributed by atoms with Crippen molar-refractivity contribution in [3.05, 3.63) is 0 Å². The lowest BCUT2D eigenvalue weighted by atomic mass is 9.76. The van der Waals surface area contributed by atoms with E-state index in [0.717, 1.165) is 6.26 Å². The fraction of sp³-hybridized carbons (Fsp3) is 0.846. The number of amides is 2. The molecule has 0 saturated carbocycles. The Labute approximate surface area is 125 Å². The van der Waals surface area contributed by atoms with E-state index in [0.29, 0.717) is 45.3 Å². The fourth-order valence-corrected chi connectivity index (χ4v) is 3.17. The van der Waals surface area contributed by atoms with Crippen LogP contribution < -0.4 is 5.32 Å². The Kier molecular flexibility index (Phi) is 6.00. The van der Waals surface area contributed by atoms with Crippen LogP contribution in [0.2, 0.25) is 0 Å². The number of likely N-dealkylation sites (tertiary alicyclic amines) is 1. The van der Waals surface area contributed by atoms with Crippen molar-refractivity contribution in [1.29, 1.82) is 0 Å². The van der Waals surface area contributed by atoms with Gasteiger partial charge < -0.3 is 15.3 Å². The van der Waals surface area contributed by atoms with Gasteiger partial charge in [-0.05, 0) is 25.7 Å². The van der Waals surface area contributed by atoms with Gasteiger partial charge in [0.1, 0.15) is 9.84 Å². The summed E-state index contributed by atoms with van der Waals surface area (Å²) in [6.07, 6.45) is 3.01. The highest BCUT2D eigenvalue weighted by molar-refractivity contribution is 7.90. The molecule has 0 spiro atoms. The van der Waals surface area contributed by atoms with Crippen LogP contribution in [0.4, 0.5) is 4.79 Å². The monoisotopic (exact) mass is 320 g/mol. The molecule has 122 valence electrons. The molecule has 1 aliphatic heterocycles. The second-order valence-corrected chi connectivity index (χ2v) is 7.90. The molecule has 1 fully saturated rings. The third kappa shape index (κ3) is 5.18. The smallest absolute Gasteiger partial charge is 0.317 e. The standard InChI is InChI=1S/C13H24N2O5S/c1-3-13(11(16)17)5-8-15(9-6-13)12(18)14-7-4-10-21(2,19)20/h3-10H2,1-2H3,(H,14,18)(H,16,17). The number of urea groups is 1. The van der Waals surface area contributed by atoms with E-state index in [1.165, 1.54) is 0 Å². The van der Waals surface area contributed by atoms with E-state index in [9.17, 15) is 23.1 Å². The summed E-state index contributed by atoms with van der Waals surface area (Å²) < 4.78 is 21.9. The second kappa shape index (κ2) is 7.11. The van der Waals surface area contributed by atoms with Gasteiger partial charge in [0.15, 0.2) is 0 Å². The van der Waals surface area contributed by atoms with Crippen molar-refractivity contribution >= 4 is 21.8 Å². The lowest BCUT2D eigenvalue weighted by Gasteiger charge is -2.38. The first-order valence-corrected chi connectivity index (χ1v) is 9.20. The van der Waals surface area contributed by atoms with Gasteiger partial charge in [0.2, 0.25) is 0 Å². The normalized spacial score (nSPS) is 18.3. The topological polar surface area (TPSA) is 104 Å². The van der Waals surface area contributed by atoms with Crippen molar-refractivity contribution in [2.24, 2.45) is 5.41 Å². The van der Waals surface area contributed by atoms with Gasteiger partial charge in [-0.2, -0.15) is 0 Å². The third-order valence-corrected chi connectivity index (χ3v) is 5.14. The van der Waals surface area contributed by atoms with E-state index in [1.807, 2.05) is 6.92 Å². The summed E-state index contributed by atoms with van der Waals surface area (Å²) in [6.45, 7) is 2.99. The minimum Gasteiger partial charge on any atom is -0.481 e. The second-order valence-electron chi connectivity index (χ2n) is 5.64. The molecular formula is C13H24N2O5S. The number of hydrogen-bond acceptors (Lipinski definition) is 4. The van der Waals surface area contributed by atoms with Crippen LogP contribution in [0, 0.1) is 5.41 Å². The molecule has 21 heavy (non-hydrogen) atoms. The summed E-state index contributed by atoms with van der Waals surface area (Å²) in [7, 11) is -3.01. The zero-order chi connectivity index (χ0) is 16.1. The number of nitrogens with zero attached hydrogens (tertiary/aromatic N) is 1. The van der Waals surface area contributed by atoms with Crippen molar-refractivity contribution in [1.82, 2.24) is 10.2 Å². The Hall–Kier alpha value is -1.31. The third-order valence-electron chi connectivity index (χ3n) is 4.11. The van der Waals surface area contributed by atoms with Gasteiger partial charge in [-0.15, -0.1) is 0 Å². The minimum atomic E-state index is -3.01. The molecule has 2 N–H and O–H groups in total. The van der Waals surface area contributed by atoms with E-state index in [2.05, 4.69) is 5.32 Å². The van der Waals surface area contributed by atoms with Crippen LogP contribution in [-0.4, -0.2) is 62.1 Å². The largest absolute Gasteiger partial charge is 0.481 e. The van der Waals surface area contributed by atoms with Crippen molar-refractivity contribution in [3.8, 4) is 0 Å². The summed E-state index contributed by atoms with van der Waals surface area (Å²) in [5.74, 6) is -0.746. The highest BCUT2D eigenvalue weighted by Gasteiger charge is 2.40. The Morgan fingerprint density at radius 2 is 1.86 bits per heavy atom. The highest BCUT2D eigenvalue weighted by atomic mass is 32.2. The molecule has 0 atom stereocenters. The van der Waals surface area contributed by atoms with Crippen LogP contribution in [0.1, 0.15) is 32.6 Å². The molecule has 0 aromatic heterocycles. The first-order chi connectivity index (χ1) is 9.70. The number of carbonyl (C=O) groups excluding carboxylic acids is 1. The van der Waals surface area contributed by atoms with Gasteiger partial charge in [-0.1, -0.05) is 6.92 Å². The van der Waals surface area contributed by atoms with Crippen molar-refractivity contribution < 1.29 is 23.1 Å². The van der Waals surface area contributed by atoms with Crippen LogP contribution in [-0.2, 0) is 14.6 Å². The highest BCUT2D eigenvalue weighted by Crippen LogP contribution is 2.35. The Morgan fingerprint density at radius 1 is 1.29 bits per heavy atom. The number of aliphatic carboxylic acids is 1. The SMILES string of the molecule is CCC1(C(=O)O)CCN(C(=O)NCCCS(C)(=O)=O)CC1. The van der Waals surface area contributed by atoms with E-state index in [-0.39, 0.29) is 11.8 Å². The van der Waals surface area contributed by atoms with Crippen LogP contribution in [0.5, 0.6) is 0 Å². The fourth-order valence-electron chi connectivity index (χ4n) is 2.50. The van der Waals surface area contributed by atoms with E-state index >= 15 is 0 Å². The van der Waals surface area contributed by atoms with E-state index in [1.54, 1.807) is 4.90 Å². The first kappa shape index (κ1) is 17.7. The zero-order valence-electron chi connectivity index (χ0n) is 12.6. The summed E-state index contributed by atoms with van der Waals surface area (Å²) in [4.78, 5) is 24.8. The van der Waals surface area contributed by atoms with Gasteiger partial charge in [-0.25, -0.2) is 13.2 Å². The molecule has 0 radical (unpaired) electrons. The molecule has 1 rings (SSSR count). The molecule has 7 nitrogen and oxygen atoms in total. The molecule has 0 aromatic carbocycles. The van der Waals surface area contributed by atoms with Gasteiger partial charge in [0.05, 0.1) is 11.2 Å². The van der Waals surface area contributed by atoms with Crippen LogP contribution in [0.3, 0.4) is 0 Å². The lowest BCUT2D eigenvalue weighted by molar-refractivity contribution is -0.151. The number of rotatable bonds is 6. The minimum absolute atomic E-state index is 0.0469. The summed E-state index contributed by atoms with van der Waals surface area (Å²) >= 11 is 0. The number of hydrogen-bond donors (Lipinski definition) is 2. The van der Waals surface area contributed by atoms with Gasteiger partial charge in [-0.3, -0.25) is 4.79 Å². The van der Waals surface area contributed by atoms with Crippen LogP contribution >= 0.6 is 0 Å². The zero-order valence-corrected chi connectivity index (χ0v) is 13.4. The lowest BCUT2D eigenvalue weighted by Crippen LogP contribution is -2.49. The van der Waals surface area contributed by atoms with Gasteiger partial charge >= 0.3 is 12.0 Å². The number of sulfone groups is 1. The quantitative estimate of drug-likeness (QED) is 0.701. The maximum absolute atomic E-state index is 11.9. The average molecular weight is 320 g/mol. The van der Waals surface area contributed by atoms with Gasteiger partial charge in [0, 0.05) is 25.9 Å². The molecule has 1 aliphatic rings. The number of carboxylic acid groups (broad SMARTS) is 1. The predicted molar refractivity (Wildman–Crippen MR) is 78.9 cm³/mol. The van der Waals surface area contributed by atoms with Crippen molar-refractivity contribution in [2.75, 3.05) is 31.6 Å². The van der Waals surface area contributed by atoms with Crippen molar-refractivity contribution in [3.63, 3.8) is 0 Å². The molecule has 0 bridgehead atoms. The first-order valence-electron chi connectivity index (χ1n) is 7.14. The Bertz CT molecular complexity index is 481. The summed E-state index contributed by atoms with van der Waals surface area (Å²) in [6, 6.07) is -0.251. The number of carboxylic acids is 1. The van der Waals surface area contributed by atoms with Gasteiger partial charge in [0.25, 0.3) is 0 Å². The van der Waals surface area contributed by atoms with Crippen molar-refractivity contribution in [2.45, 2.75) is 32.6 Å². The maximum atomic E-state index is 11.9. The molecule has 0 aliphatic carbocycles. The summed E-state index contributed by atoms with van der Waals surface area (Å²) in [5, 5.41) is 12.0. The molecule has 0 aromatic rings. The van der Waals surface area contributed by atoms with Crippen LogP contribution in [0.25, 0.3) is 0 Å². The Balaban J connectivity index is 2.37. The predicted octanol–water partition coefficient (Wildman–Crippen LogP) is 0.708. The Morgan fingerprint density at radius 3 is 2.29 bits per heavy atom. The molecule has 1 saturated heterocycles. The molecular weight excluding hydrogens is 296 g/mol. The molecule has 2 amide bonds. The number of piperidine rings is 1. The summed E-state index contributed by atoms with van der Waals surface area (Å²) in [5.41, 5.74) is -0.715. The van der Waals surface area contributed by atoms with E-state index in [4.69, 9.17) is 0 Å². The van der Waals surface area contributed by atoms with Crippen LogP contribution in [0.15, 0.2) is 0 Å². The average Bonchev–Trinajstić information content (AvgIpc) is 2.42. The molecule has 8 heteroatoms. The number of nitrogens with one attached hydrogen (secondary N) is 1. The van der Waals surface area contributed by atoms with E-state index < -0.39 is 21.2 Å². The molecule has 0 unspecified atom stereocenters. The maximum Gasteiger partial charge on any atom is 0.317 e.